The van der Waals surface area contributed by atoms with Crippen molar-refractivity contribution < 1.29 is 54.3 Å². The quantitative estimate of drug-likeness (QED) is 0.120. The second-order valence-electron chi connectivity index (χ2n) is 8.99. The van der Waals surface area contributed by atoms with E-state index in [0.717, 1.165) is 0 Å². The van der Waals surface area contributed by atoms with E-state index in [1.165, 1.54) is 0 Å². The first-order valence-electron chi connectivity index (χ1n) is 14.1. The Morgan fingerprint density at radius 3 is 0.925 bits per heavy atom. The Hall–Kier alpha value is -2.17. The molecule has 0 bridgehead atoms. The van der Waals surface area contributed by atoms with Crippen LogP contribution in [-0.4, -0.2) is 88.5 Å². The molecule has 0 aliphatic rings. The minimum absolute atomic E-state index is 0.329. The summed E-state index contributed by atoms with van der Waals surface area (Å²) < 4.78 is 31.5. The fourth-order valence-corrected chi connectivity index (χ4v) is 4.42. The van der Waals surface area contributed by atoms with Crippen molar-refractivity contribution in [1.82, 2.24) is 0 Å². The third-order valence-electron chi connectivity index (χ3n) is 5.40. The monoisotopic (exact) mass is 588 g/mol. The third kappa shape index (κ3) is 16.2. The highest BCUT2D eigenvalue weighted by Crippen LogP contribution is 2.10. The van der Waals surface area contributed by atoms with Crippen molar-refractivity contribution in [2.75, 3.05) is 19.8 Å². The van der Waals surface area contributed by atoms with E-state index < -0.39 is 88.0 Å². The molecular weight excluding hydrogens is 543 g/mol. The number of rotatable bonds is 24. The average molecular weight is 589 g/mol. The first-order valence-corrected chi connectivity index (χ1v) is 15.5. The molecule has 0 spiro atoms. The van der Waals surface area contributed by atoms with Gasteiger partial charge in [0.05, 0.1) is 0 Å². The standard InChI is InChI=1S/3C9H16O4.Al/c3*1-3-5-13-8(4-2)7(10)6-9(11)12;/h3*8H,3-6H2,1-2H3,(H,11,12);/q;;;+3/p-3. The fraction of sp³-hybridized carbons (Fsp3) is 0.778. The largest absolute Gasteiger partial charge is 1.20 e. The summed E-state index contributed by atoms with van der Waals surface area (Å²) in [6, 6.07) is 0. The molecule has 0 fully saturated rings. The molecule has 3 atom stereocenters. The molecule has 0 aromatic rings. The first kappa shape index (κ1) is 37.8. The average Bonchev–Trinajstić information content (AvgIpc) is 2.89. The maximum absolute atomic E-state index is 12.5. The van der Waals surface area contributed by atoms with Gasteiger partial charge in [-0.1, -0.05) is 41.5 Å². The van der Waals surface area contributed by atoms with Crippen LogP contribution in [0.15, 0.2) is 0 Å². The number of ether oxygens (including phenoxy) is 3. The Kier molecular flexibility index (Phi) is 21.3. The minimum Gasteiger partial charge on any atom is -0.550 e. The smallest absolute Gasteiger partial charge is 0.550 e. The summed E-state index contributed by atoms with van der Waals surface area (Å²) in [5, 5.41) is 0. The second kappa shape index (κ2) is 22.5. The van der Waals surface area contributed by atoms with Crippen molar-refractivity contribution in [3.63, 3.8) is 0 Å². The maximum Gasteiger partial charge on any atom is 1.20 e. The van der Waals surface area contributed by atoms with E-state index in [1.54, 1.807) is 20.8 Å². The molecule has 0 rings (SSSR count). The number of hydrogen-bond donors (Lipinski definition) is 0. The van der Waals surface area contributed by atoms with Crippen LogP contribution in [0.4, 0.5) is 0 Å². The molecule has 0 heterocycles. The van der Waals surface area contributed by atoms with Gasteiger partial charge < -0.3 is 25.6 Å². The Bertz CT molecular complexity index is 711. The van der Waals surface area contributed by atoms with Crippen LogP contribution in [0.1, 0.15) is 99.3 Å². The summed E-state index contributed by atoms with van der Waals surface area (Å²) in [5.74, 6) is -4.91. The van der Waals surface area contributed by atoms with Gasteiger partial charge in [0.25, 0.3) is 17.9 Å². The molecule has 0 N–H and O–H groups in total. The lowest BCUT2D eigenvalue weighted by Crippen LogP contribution is -2.38. The Labute approximate surface area is 242 Å². The maximum atomic E-state index is 12.5. The Morgan fingerprint density at radius 1 is 0.475 bits per heavy atom. The summed E-state index contributed by atoms with van der Waals surface area (Å²) in [6.45, 7) is 11.8. The predicted molar refractivity (Wildman–Crippen MR) is 144 cm³/mol. The van der Waals surface area contributed by atoms with Gasteiger partial charge >= 0.3 is 15.1 Å². The lowest BCUT2D eigenvalue weighted by molar-refractivity contribution is -0.150. The molecule has 0 saturated carbocycles. The van der Waals surface area contributed by atoms with Crippen LogP contribution in [0, 0.1) is 0 Å². The summed E-state index contributed by atoms with van der Waals surface area (Å²) in [7, 11) is 0. The van der Waals surface area contributed by atoms with E-state index in [-0.39, 0.29) is 0 Å². The number of Topliss-reactive ketones (excluding diaryl/α,β-unsaturated/α-hetero) is 3. The summed E-state index contributed by atoms with van der Waals surface area (Å²) in [4.78, 5) is 74.8. The normalized spacial score (nSPS) is 13.1. The second-order valence-corrected chi connectivity index (χ2v) is 10.3. The summed E-state index contributed by atoms with van der Waals surface area (Å²) in [6.07, 6.45) is -1.55. The highest BCUT2D eigenvalue weighted by Gasteiger charge is 2.50. The molecule has 0 aromatic carbocycles. The van der Waals surface area contributed by atoms with Crippen molar-refractivity contribution in [2.45, 2.75) is 118 Å². The molecule has 13 heteroatoms. The van der Waals surface area contributed by atoms with E-state index in [9.17, 15) is 28.8 Å². The lowest BCUT2D eigenvalue weighted by atomic mass is 10.1. The van der Waals surface area contributed by atoms with E-state index in [4.69, 9.17) is 25.6 Å². The van der Waals surface area contributed by atoms with Gasteiger partial charge in [-0.3, -0.25) is 28.8 Å². The molecule has 12 nitrogen and oxygen atoms in total. The Morgan fingerprint density at radius 2 is 0.725 bits per heavy atom. The van der Waals surface area contributed by atoms with Crippen LogP contribution >= 0.6 is 0 Å². The first-order chi connectivity index (χ1) is 19.1. The van der Waals surface area contributed by atoms with Gasteiger partial charge in [-0.15, -0.1) is 0 Å². The van der Waals surface area contributed by atoms with Crippen molar-refractivity contribution >= 4 is 50.4 Å². The third-order valence-corrected chi connectivity index (χ3v) is 6.76. The molecule has 228 valence electrons. The van der Waals surface area contributed by atoms with Crippen molar-refractivity contribution in [3.8, 4) is 0 Å². The van der Waals surface area contributed by atoms with E-state index in [0.29, 0.717) is 58.3 Å². The van der Waals surface area contributed by atoms with Crippen LogP contribution in [0.25, 0.3) is 0 Å². The Balaban J connectivity index is 5.44. The predicted octanol–water partition coefficient (Wildman–Crippen LogP) is 3.09. The van der Waals surface area contributed by atoms with Crippen LogP contribution in [0.5, 0.6) is 0 Å². The number of carbonyl (C=O) groups excluding carboxylic acids is 6. The zero-order chi connectivity index (χ0) is 30.5. The molecule has 40 heavy (non-hydrogen) atoms. The molecule has 0 aliphatic carbocycles. The van der Waals surface area contributed by atoms with Crippen LogP contribution in [0.2, 0.25) is 0 Å². The number of carbonyl (C=O) groups is 6. The van der Waals surface area contributed by atoms with Crippen LogP contribution in [0.3, 0.4) is 0 Å². The van der Waals surface area contributed by atoms with E-state index in [1.807, 2.05) is 20.8 Å². The molecule has 0 amide bonds. The highest BCUT2D eigenvalue weighted by molar-refractivity contribution is 6.44. The SMILES string of the molecule is CCCOC(CC)C(=O)CC(=O)[O][Al]([O]C(=O)CC(=O)C(CC)OCCC)[O]C(=O)CC(=O)C(CC)OCCC. The van der Waals surface area contributed by atoms with Gasteiger partial charge in [0.1, 0.15) is 37.6 Å². The van der Waals surface area contributed by atoms with E-state index >= 15 is 0 Å². The number of ketones is 3. The van der Waals surface area contributed by atoms with Gasteiger partial charge in [-0.25, -0.2) is 0 Å². The molecule has 0 aliphatic heterocycles. The van der Waals surface area contributed by atoms with Crippen molar-refractivity contribution in [2.24, 2.45) is 0 Å². The fourth-order valence-electron chi connectivity index (χ4n) is 3.38. The molecule has 0 radical (unpaired) electrons. The van der Waals surface area contributed by atoms with Crippen LogP contribution in [-0.2, 0) is 54.3 Å². The lowest BCUT2D eigenvalue weighted by Gasteiger charge is -2.17. The molecule has 0 saturated heterocycles. The molecule has 3 unspecified atom stereocenters. The van der Waals surface area contributed by atoms with Gasteiger partial charge in [-0.2, -0.15) is 0 Å². The van der Waals surface area contributed by atoms with Gasteiger partial charge in [0.2, 0.25) is 0 Å². The number of hydrogen-bond acceptors (Lipinski definition) is 12. The van der Waals surface area contributed by atoms with Gasteiger partial charge in [-0.05, 0) is 38.5 Å². The van der Waals surface area contributed by atoms with Gasteiger partial charge in [0.15, 0.2) is 17.3 Å². The summed E-state index contributed by atoms with van der Waals surface area (Å²) in [5.41, 5.74) is 0. The topological polar surface area (TPSA) is 158 Å². The molecular formula is C27H45AlO12. The van der Waals surface area contributed by atoms with Crippen molar-refractivity contribution in [3.05, 3.63) is 0 Å². The minimum atomic E-state index is -3.90. The van der Waals surface area contributed by atoms with Crippen LogP contribution < -0.4 is 0 Å². The summed E-state index contributed by atoms with van der Waals surface area (Å²) >= 11 is -3.90. The van der Waals surface area contributed by atoms with Crippen molar-refractivity contribution in [1.29, 1.82) is 0 Å². The highest BCUT2D eigenvalue weighted by atomic mass is 27.3. The van der Waals surface area contributed by atoms with Gasteiger partial charge in [0, 0.05) is 19.8 Å². The van der Waals surface area contributed by atoms with E-state index in [2.05, 4.69) is 0 Å². The zero-order valence-corrected chi connectivity index (χ0v) is 25.8. The zero-order valence-electron chi connectivity index (χ0n) is 24.7. The molecule has 0 aromatic heterocycles.